The summed E-state index contributed by atoms with van der Waals surface area (Å²) >= 11 is 1.37. The number of nitrogens with zero attached hydrogens (tertiary/aromatic N) is 2. The fraction of sp³-hybridized carbons (Fsp3) is 0.444. The average molecular weight is 243 g/mol. The molecule has 1 aromatic heterocycles. The molecule has 1 heterocycles. The van der Waals surface area contributed by atoms with Crippen LogP contribution in [0.4, 0.5) is 5.13 Å². The number of anilines is 1. The summed E-state index contributed by atoms with van der Waals surface area (Å²) in [5, 5.41) is 8.90. The van der Waals surface area contributed by atoms with Crippen molar-refractivity contribution in [2.45, 2.75) is 6.92 Å². The number of aromatic nitrogens is 1. The lowest BCUT2D eigenvalue weighted by Crippen LogP contribution is -2.19. The number of rotatable bonds is 5. The molecule has 0 fully saturated rings. The molecular weight excluding hydrogens is 230 g/mol. The van der Waals surface area contributed by atoms with Crippen molar-refractivity contribution in [2.24, 2.45) is 5.16 Å². The van der Waals surface area contributed by atoms with E-state index in [-0.39, 0.29) is 12.3 Å². The van der Waals surface area contributed by atoms with Gasteiger partial charge < -0.3 is 14.9 Å². The molecule has 0 amide bonds. The highest BCUT2D eigenvalue weighted by atomic mass is 32.1. The molecule has 6 nitrogen and oxygen atoms in total. The summed E-state index contributed by atoms with van der Waals surface area (Å²) in [6.45, 7) is 2.01. The molecule has 0 spiro atoms. The van der Waals surface area contributed by atoms with Gasteiger partial charge in [-0.2, -0.15) is 0 Å². The maximum Gasteiger partial charge on any atom is 0.362 e. The van der Waals surface area contributed by atoms with Gasteiger partial charge in [0, 0.05) is 12.4 Å². The van der Waals surface area contributed by atoms with E-state index in [0.717, 1.165) is 0 Å². The molecule has 88 valence electrons. The number of thiazole rings is 1. The second-order valence-electron chi connectivity index (χ2n) is 2.63. The van der Waals surface area contributed by atoms with Crippen molar-refractivity contribution in [3.63, 3.8) is 0 Å². The van der Waals surface area contributed by atoms with E-state index < -0.39 is 5.97 Å². The van der Waals surface area contributed by atoms with E-state index in [1.165, 1.54) is 18.4 Å². The number of hydrogen-bond donors (Lipinski definition) is 1. The standard InChI is InChI=1S/C9H13N3O3S/c1-4-15-8(13)7(12-14-3)6-5-16-9(10-2)11-6/h5H,4H2,1-3H3,(H,10,11)/b12-7+. The molecule has 7 heteroatoms. The molecule has 1 aromatic rings. The molecule has 0 bridgehead atoms. The third kappa shape index (κ3) is 2.93. The van der Waals surface area contributed by atoms with Crippen LogP contribution in [-0.2, 0) is 14.4 Å². The highest BCUT2D eigenvalue weighted by Gasteiger charge is 2.19. The van der Waals surface area contributed by atoms with Gasteiger partial charge >= 0.3 is 5.97 Å². The first-order valence-corrected chi connectivity index (χ1v) is 5.52. The first-order chi connectivity index (χ1) is 7.72. The van der Waals surface area contributed by atoms with Crippen molar-refractivity contribution in [2.75, 3.05) is 26.1 Å². The van der Waals surface area contributed by atoms with Crippen LogP contribution >= 0.6 is 11.3 Å². The van der Waals surface area contributed by atoms with Crippen LogP contribution in [0.5, 0.6) is 0 Å². The summed E-state index contributed by atoms with van der Waals surface area (Å²) in [6.07, 6.45) is 0. The minimum atomic E-state index is -0.544. The Morgan fingerprint density at radius 2 is 2.44 bits per heavy atom. The van der Waals surface area contributed by atoms with Crippen molar-refractivity contribution in [1.29, 1.82) is 0 Å². The Bertz CT molecular complexity index is 389. The summed E-state index contributed by atoms with van der Waals surface area (Å²) in [7, 11) is 3.12. The summed E-state index contributed by atoms with van der Waals surface area (Å²) < 4.78 is 4.85. The van der Waals surface area contributed by atoms with E-state index in [2.05, 4.69) is 20.3 Å². The lowest BCUT2D eigenvalue weighted by atomic mass is 10.3. The fourth-order valence-corrected chi connectivity index (χ4v) is 1.63. The third-order valence-corrected chi connectivity index (χ3v) is 2.47. The van der Waals surface area contributed by atoms with E-state index in [4.69, 9.17) is 4.74 Å². The number of ether oxygens (including phenoxy) is 1. The third-order valence-electron chi connectivity index (χ3n) is 1.61. The minimum Gasteiger partial charge on any atom is -0.461 e. The zero-order chi connectivity index (χ0) is 12.0. The predicted molar refractivity (Wildman–Crippen MR) is 61.8 cm³/mol. The van der Waals surface area contributed by atoms with E-state index in [9.17, 15) is 4.79 Å². The Balaban J connectivity index is 2.94. The van der Waals surface area contributed by atoms with Crippen molar-refractivity contribution >= 4 is 28.1 Å². The van der Waals surface area contributed by atoms with Crippen molar-refractivity contribution < 1.29 is 14.4 Å². The minimum absolute atomic E-state index is 0.0714. The number of carbonyl (C=O) groups is 1. The average Bonchev–Trinajstić information content (AvgIpc) is 2.74. The van der Waals surface area contributed by atoms with Gasteiger partial charge in [0.05, 0.1) is 6.61 Å². The Hall–Kier alpha value is -1.63. The predicted octanol–water partition coefficient (Wildman–Crippen LogP) is 1.10. The highest BCUT2D eigenvalue weighted by molar-refractivity contribution is 7.14. The normalized spacial score (nSPS) is 11.1. The number of esters is 1. The monoisotopic (exact) mass is 243 g/mol. The van der Waals surface area contributed by atoms with Crippen LogP contribution < -0.4 is 5.32 Å². The van der Waals surface area contributed by atoms with Gasteiger partial charge in [0.1, 0.15) is 12.8 Å². The molecule has 1 rings (SSSR count). The maximum absolute atomic E-state index is 11.5. The molecule has 0 saturated carbocycles. The highest BCUT2D eigenvalue weighted by Crippen LogP contribution is 2.15. The second kappa shape index (κ2) is 6.06. The van der Waals surface area contributed by atoms with Gasteiger partial charge in [0.15, 0.2) is 5.13 Å². The number of carbonyl (C=O) groups excluding carboxylic acids is 1. The Morgan fingerprint density at radius 3 is 2.94 bits per heavy atom. The zero-order valence-corrected chi connectivity index (χ0v) is 10.1. The maximum atomic E-state index is 11.5. The number of nitrogens with one attached hydrogen (secondary N) is 1. The van der Waals surface area contributed by atoms with Crippen LogP contribution in [0.15, 0.2) is 10.5 Å². The fourth-order valence-electron chi connectivity index (χ4n) is 0.977. The van der Waals surface area contributed by atoms with Crippen LogP contribution in [0.1, 0.15) is 12.6 Å². The second-order valence-corrected chi connectivity index (χ2v) is 3.49. The van der Waals surface area contributed by atoms with Gasteiger partial charge in [-0.25, -0.2) is 9.78 Å². The quantitative estimate of drug-likeness (QED) is 0.476. The molecule has 0 aliphatic heterocycles. The van der Waals surface area contributed by atoms with Crippen LogP contribution in [0.3, 0.4) is 0 Å². The van der Waals surface area contributed by atoms with Gasteiger partial charge in [0.25, 0.3) is 0 Å². The van der Waals surface area contributed by atoms with Gasteiger partial charge in [-0.3, -0.25) is 0 Å². The topological polar surface area (TPSA) is 72.8 Å². The van der Waals surface area contributed by atoms with Gasteiger partial charge in [-0.15, -0.1) is 11.3 Å². The van der Waals surface area contributed by atoms with E-state index >= 15 is 0 Å². The molecule has 0 aliphatic rings. The van der Waals surface area contributed by atoms with Crippen LogP contribution in [0.2, 0.25) is 0 Å². The lowest BCUT2D eigenvalue weighted by Gasteiger charge is -2.01. The number of oxime groups is 1. The first-order valence-electron chi connectivity index (χ1n) is 4.64. The Labute approximate surface area is 97.3 Å². The van der Waals surface area contributed by atoms with Gasteiger partial charge in [-0.05, 0) is 6.92 Å². The van der Waals surface area contributed by atoms with Crippen LogP contribution in [0.25, 0.3) is 0 Å². The zero-order valence-electron chi connectivity index (χ0n) is 9.31. The SMILES string of the molecule is CCOC(=O)/C(=N/OC)c1csc(NC)n1. The Kier molecular flexibility index (Phi) is 4.71. The molecule has 0 saturated heterocycles. The van der Waals surface area contributed by atoms with Crippen LogP contribution in [-0.4, -0.2) is 37.4 Å². The van der Waals surface area contributed by atoms with Crippen molar-refractivity contribution in [3.05, 3.63) is 11.1 Å². The molecule has 16 heavy (non-hydrogen) atoms. The molecule has 0 aliphatic carbocycles. The summed E-state index contributed by atoms with van der Waals surface area (Å²) in [4.78, 5) is 20.3. The van der Waals surface area contributed by atoms with E-state index in [0.29, 0.717) is 10.8 Å². The largest absolute Gasteiger partial charge is 0.461 e. The van der Waals surface area contributed by atoms with Crippen molar-refractivity contribution in [1.82, 2.24) is 4.98 Å². The Morgan fingerprint density at radius 1 is 1.69 bits per heavy atom. The molecule has 0 radical (unpaired) electrons. The number of hydrogen-bond acceptors (Lipinski definition) is 7. The van der Waals surface area contributed by atoms with E-state index in [1.807, 2.05) is 0 Å². The first kappa shape index (κ1) is 12.4. The summed E-state index contributed by atoms with van der Waals surface area (Å²) in [6, 6.07) is 0. The summed E-state index contributed by atoms with van der Waals surface area (Å²) in [5.74, 6) is -0.544. The smallest absolute Gasteiger partial charge is 0.362 e. The van der Waals surface area contributed by atoms with Crippen LogP contribution in [0, 0.1) is 0 Å². The van der Waals surface area contributed by atoms with Gasteiger partial charge in [-0.1, -0.05) is 5.16 Å². The lowest BCUT2D eigenvalue weighted by molar-refractivity contribution is -0.135. The molecule has 0 aromatic carbocycles. The molecule has 0 unspecified atom stereocenters. The molecule has 1 N–H and O–H groups in total. The summed E-state index contributed by atoms with van der Waals surface area (Å²) in [5.41, 5.74) is 0.511. The van der Waals surface area contributed by atoms with Gasteiger partial charge in [0.2, 0.25) is 5.71 Å². The molecule has 0 atom stereocenters. The molecular formula is C9H13N3O3S. The van der Waals surface area contributed by atoms with Crippen molar-refractivity contribution in [3.8, 4) is 0 Å². The van der Waals surface area contributed by atoms with E-state index in [1.54, 1.807) is 19.4 Å².